The topological polar surface area (TPSA) is 49.4 Å². The Labute approximate surface area is 140 Å². The lowest BCUT2D eigenvalue weighted by atomic mass is 10.1. The molecule has 118 valence electrons. The highest BCUT2D eigenvalue weighted by Gasteiger charge is 2.39. The van der Waals surface area contributed by atoms with E-state index in [1.807, 2.05) is 32.0 Å². The molecule has 5 heteroatoms. The largest absolute Gasteiger partial charge is 0.373 e. The van der Waals surface area contributed by atoms with Crippen LogP contribution in [-0.4, -0.2) is 17.9 Å². The molecular formula is C18H17ClN2O2. The van der Waals surface area contributed by atoms with Gasteiger partial charge < -0.3 is 5.32 Å². The van der Waals surface area contributed by atoms with Gasteiger partial charge in [0.1, 0.15) is 6.04 Å². The van der Waals surface area contributed by atoms with Crippen LogP contribution >= 0.6 is 11.6 Å². The molecule has 1 aliphatic rings. The van der Waals surface area contributed by atoms with E-state index in [0.29, 0.717) is 10.7 Å². The molecule has 2 aromatic rings. The van der Waals surface area contributed by atoms with Gasteiger partial charge in [-0.05, 0) is 49.7 Å². The zero-order valence-corrected chi connectivity index (χ0v) is 13.7. The lowest BCUT2D eigenvalue weighted by molar-refractivity contribution is -0.121. The molecule has 4 nitrogen and oxygen atoms in total. The minimum Gasteiger partial charge on any atom is -0.373 e. The lowest BCUT2D eigenvalue weighted by Crippen LogP contribution is -2.34. The van der Waals surface area contributed by atoms with Crippen LogP contribution in [0.2, 0.25) is 5.02 Å². The Morgan fingerprint density at radius 3 is 2.43 bits per heavy atom. The molecule has 0 aliphatic carbocycles. The number of imide groups is 1. The molecule has 3 rings (SSSR count). The molecule has 0 saturated carbocycles. The number of rotatable bonds is 3. The van der Waals surface area contributed by atoms with Gasteiger partial charge in [-0.2, -0.15) is 0 Å². The van der Waals surface area contributed by atoms with Crippen LogP contribution in [0.15, 0.2) is 42.5 Å². The fourth-order valence-electron chi connectivity index (χ4n) is 2.77. The fourth-order valence-corrected chi connectivity index (χ4v) is 2.90. The maximum absolute atomic E-state index is 12.6. The number of hydrogen-bond donors (Lipinski definition) is 1. The number of benzene rings is 2. The van der Waals surface area contributed by atoms with Gasteiger partial charge in [0.25, 0.3) is 5.91 Å². The molecule has 1 aliphatic heterocycles. The van der Waals surface area contributed by atoms with Crippen LogP contribution in [0.5, 0.6) is 0 Å². The van der Waals surface area contributed by atoms with E-state index >= 15 is 0 Å². The Morgan fingerprint density at radius 1 is 1.09 bits per heavy atom. The second-order valence-electron chi connectivity index (χ2n) is 5.76. The average Bonchev–Trinajstić information content (AvgIpc) is 2.78. The highest BCUT2D eigenvalue weighted by Crippen LogP contribution is 2.27. The first-order valence-electron chi connectivity index (χ1n) is 7.42. The van der Waals surface area contributed by atoms with Crippen LogP contribution in [-0.2, 0) is 9.59 Å². The van der Waals surface area contributed by atoms with Crippen molar-refractivity contribution in [3.05, 3.63) is 58.6 Å². The summed E-state index contributed by atoms with van der Waals surface area (Å²) in [5.41, 5.74) is 3.63. The number of nitrogens with one attached hydrogen (secondary N) is 1. The van der Waals surface area contributed by atoms with Crippen molar-refractivity contribution in [2.24, 2.45) is 0 Å². The van der Waals surface area contributed by atoms with Crippen molar-refractivity contribution >= 4 is 34.8 Å². The van der Waals surface area contributed by atoms with Crippen molar-refractivity contribution in [1.29, 1.82) is 0 Å². The second kappa shape index (κ2) is 6.05. The number of carbonyl (C=O) groups is 2. The molecule has 1 N–H and O–H groups in total. The summed E-state index contributed by atoms with van der Waals surface area (Å²) in [4.78, 5) is 26.1. The molecule has 0 spiro atoms. The summed E-state index contributed by atoms with van der Waals surface area (Å²) in [7, 11) is 0. The third-order valence-corrected chi connectivity index (χ3v) is 4.20. The molecule has 0 aromatic heterocycles. The minimum absolute atomic E-state index is 0.148. The normalized spacial score (nSPS) is 17.7. The van der Waals surface area contributed by atoms with Crippen LogP contribution in [0.4, 0.5) is 11.4 Å². The third kappa shape index (κ3) is 3.08. The van der Waals surface area contributed by atoms with Crippen LogP contribution in [0, 0.1) is 13.8 Å². The smallest absolute Gasteiger partial charge is 0.256 e. The van der Waals surface area contributed by atoms with E-state index < -0.39 is 6.04 Å². The molecule has 2 amide bonds. The van der Waals surface area contributed by atoms with Crippen molar-refractivity contribution in [2.45, 2.75) is 26.3 Å². The number of amides is 2. The van der Waals surface area contributed by atoms with Crippen molar-refractivity contribution in [1.82, 2.24) is 0 Å². The molecule has 2 aromatic carbocycles. The number of nitrogens with zero attached hydrogens (tertiary/aromatic N) is 1. The number of aryl methyl sites for hydroxylation is 2. The SMILES string of the molecule is Cc1ccc(N[C@@H]2CC(=O)N(c3ccc(Cl)cc3)C2=O)c(C)c1. The predicted molar refractivity (Wildman–Crippen MR) is 91.9 cm³/mol. The maximum atomic E-state index is 12.6. The Morgan fingerprint density at radius 2 is 1.78 bits per heavy atom. The molecule has 23 heavy (non-hydrogen) atoms. The van der Waals surface area contributed by atoms with Gasteiger partial charge in [-0.15, -0.1) is 0 Å². The van der Waals surface area contributed by atoms with E-state index in [9.17, 15) is 9.59 Å². The lowest BCUT2D eigenvalue weighted by Gasteiger charge is -2.17. The zero-order chi connectivity index (χ0) is 16.6. The number of anilines is 2. The van der Waals surface area contributed by atoms with Crippen molar-refractivity contribution in [2.75, 3.05) is 10.2 Å². The van der Waals surface area contributed by atoms with E-state index in [-0.39, 0.29) is 18.2 Å². The van der Waals surface area contributed by atoms with E-state index in [0.717, 1.165) is 16.8 Å². The molecular weight excluding hydrogens is 312 g/mol. The molecule has 0 radical (unpaired) electrons. The molecule has 1 saturated heterocycles. The van der Waals surface area contributed by atoms with Gasteiger partial charge in [-0.3, -0.25) is 9.59 Å². The monoisotopic (exact) mass is 328 g/mol. The van der Waals surface area contributed by atoms with E-state index in [1.165, 1.54) is 4.90 Å². The third-order valence-electron chi connectivity index (χ3n) is 3.94. The average molecular weight is 329 g/mol. The minimum atomic E-state index is -0.542. The van der Waals surface area contributed by atoms with E-state index in [4.69, 9.17) is 11.6 Å². The van der Waals surface area contributed by atoms with Gasteiger partial charge in [0, 0.05) is 10.7 Å². The highest BCUT2D eigenvalue weighted by molar-refractivity contribution is 6.30. The standard InChI is InChI=1S/C18H17ClN2O2/c1-11-3-8-15(12(2)9-11)20-16-10-17(22)21(18(16)23)14-6-4-13(19)5-7-14/h3-9,16,20H,10H2,1-2H3/t16-/m1/s1. The summed E-state index contributed by atoms with van der Waals surface area (Å²) in [5.74, 6) is -0.447. The van der Waals surface area contributed by atoms with Crippen LogP contribution in [0.25, 0.3) is 0 Å². The first-order valence-corrected chi connectivity index (χ1v) is 7.79. The van der Waals surface area contributed by atoms with Crippen molar-refractivity contribution in [3.8, 4) is 0 Å². The van der Waals surface area contributed by atoms with Crippen LogP contribution < -0.4 is 10.2 Å². The number of carbonyl (C=O) groups excluding carboxylic acids is 2. The predicted octanol–water partition coefficient (Wildman–Crippen LogP) is 3.70. The van der Waals surface area contributed by atoms with Crippen LogP contribution in [0.1, 0.15) is 17.5 Å². The summed E-state index contributed by atoms with van der Waals surface area (Å²) in [6.45, 7) is 4.00. The summed E-state index contributed by atoms with van der Waals surface area (Å²) >= 11 is 5.86. The Kier molecular flexibility index (Phi) is 4.09. The van der Waals surface area contributed by atoms with Crippen LogP contribution in [0.3, 0.4) is 0 Å². The highest BCUT2D eigenvalue weighted by atomic mass is 35.5. The first-order chi connectivity index (χ1) is 11.0. The number of halogens is 1. The second-order valence-corrected chi connectivity index (χ2v) is 6.20. The summed E-state index contributed by atoms with van der Waals surface area (Å²) in [6, 6.07) is 12.1. The Balaban J connectivity index is 1.82. The van der Waals surface area contributed by atoms with Crippen molar-refractivity contribution in [3.63, 3.8) is 0 Å². The molecule has 1 heterocycles. The number of hydrogen-bond acceptors (Lipinski definition) is 3. The molecule has 1 fully saturated rings. The van der Waals surface area contributed by atoms with Gasteiger partial charge in [0.05, 0.1) is 12.1 Å². The van der Waals surface area contributed by atoms with Gasteiger partial charge in [0.2, 0.25) is 5.91 Å². The molecule has 1 atom stereocenters. The zero-order valence-electron chi connectivity index (χ0n) is 13.0. The molecule has 0 unspecified atom stereocenters. The quantitative estimate of drug-likeness (QED) is 0.874. The fraction of sp³-hybridized carbons (Fsp3) is 0.222. The van der Waals surface area contributed by atoms with E-state index in [2.05, 4.69) is 5.32 Å². The summed E-state index contributed by atoms with van der Waals surface area (Å²) < 4.78 is 0. The van der Waals surface area contributed by atoms with Gasteiger partial charge in [-0.25, -0.2) is 4.90 Å². The Bertz CT molecular complexity index is 771. The van der Waals surface area contributed by atoms with E-state index in [1.54, 1.807) is 24.3 Å². The summed E-state index contributed by atoms with van der Waals surface area (Å²) in [6.07, 6.45) is 0.148. The summed E-state index contributed by atoms with van der Waals surface area (Å²) in [5, 5.41) is 3.76. The Hall–Kier alpha value is -2.33. The van der Waals surface area contributed by atoms with Gasteiger partial charge in [-0.1, -0.05) is 29.3 Å². The maximum Gasteiger partial charge on any atom is 0.256 e. The van der Waals surface area contributed by atoms with Crippen molar-refractivity contribution < 1.29 is 9.59 Å². The van der Waals surface area contributed by atoms with Gasteiger partial charge in [0.15, 0.2) is 0 Å². The molecule has 0 bridgehead atoms. The first kappa shape index (κ1) is 15.6. The van der Waals surface area contributed by atoms with Gasteiger partial charge >= 0.3 is 0 Å².